The number of aryl methyl sites for hydroxylation is 1. The van der Waals surface area contributed by atoms with E-state index >= 15 is 0 Å². The van der Waals surface area contributed by atoms with Crippen LogP contribution < -0.4 is 10.2 Å². The van der Waals surface area contributed by atoms with Crippen LogP contribution in [0.2, 0.25) is 0 Å². The molecule has 2 atom stereocenters. The van der Waals surface area contributed by atoms with Gasteiger partial charge in [-0.2, -0.15) is 0 Å². The molecule has 2 aliphatic rings. The Labute approximate surface area is 154 Å². The van der Waals surface area contributed by atoms with E-state index in [9.17, 15) is 4.79 Å². The molecule has 136 valence electrons. The van der Waals surface area contributed by atoms with Gasteiger partial charge in [0.15, 0.2) is 0 Å². The first kappa shape index (κ1) is 17.0. The summed E-state index contributed by atoms with van der Waals surface area (Å²) in [6, 6.07) is 12.6. The third kappa shape index (κ3) is 2.86. The minimum Gasteiger partial charge on any atom is -0.368 e. The number of hydrogen-bond donors (Lipinski definition) is 1. The average Bonchev–Trinajstić information content (AvgIpc) is 3.19. The number of nitrogens with zero attached hydrogens (tertiary/aromatic N) is 2. The zero-order chi connectivity index (χ0) is 18.3. The van der Waals surface area contributed by atoms with Gasteiger partial charge >= 0.3 is 0 Å². The summed E-state index contributed by atoms with van der Waals surface area (Å²) in [5.74, 6) is -0.0760. The van der Waals surface area contributed by atoms with E-state index in [0.717, 1.165) is 17.9 Å². The first-order chi connectivity index (χ1) is 12.5. The van der Waals surface area contributed by atoms with Crippen LogP contribution in [0.15, 0.2) is 42.6 Å². The number of nitrogens with one attached hydrogen (secondary N) is 1. The maximum Gasteiger partial charge on any atom is 0.253 e. The maximum absolute atomic E-state index is 12.7. The van der Waals surface area contributed by atoms with E-state index in [0.29, 0.717) is 19.1 Å². The van der Waals surface area contributed by atoms with E-state index in [1.807, 2.05) is 13.0 Å². The number of fused-ring (bicyclic) bond motifs is 2. The minimum absolute atomic E-state index is 0.0760. The molecule has 0 saturated carbocycles. The number of pyridine rings is 1. The maximum atomic E-state index is 12.7. The first-order valence-corrected chi connectivity index (χ1v) is 9.20. The highest BCUT2D eigenvalue weighted by atomic mass is 16.5. The summed E-state index contributed by atoms with van der Waals surface area (Å²) >= 11 is 0. The van der Waals surface area contributed by atoms with Gasteiger partial charge in [-0.25, -0.2) is 0 Å². The van der Waals surface area contributed by atoms with Crippen LogP contribution in [-0.2, 0) is 14.9 Å². The Morgan fingerprint density at radius 3 is 2.92 bits per heavy atom. The second kappa shape index (κ2) is 6.40. The number of ether oxygens (including phenoxy) is 1. The van der Waals surface area contributed by atoms with Crippen LogP contribution in [0.5, 0.6) is 0 Å². The van der Waals surface area contributed by atoms with Gasteiger partial charge in [0, 0.05) is 41.3 Å². The van der Waals surface area contributed by atoms with E-state index < -0.39 is 6.10 Å². The molecule has 2 aliphatic heterocycles. The van der Waals surface area contributed by atoms with Crippen molar-refractivity contribution in [2.75, 3.05) is 23.4 Å². The molecule has 1 aromatic carbocycles. The highest BCUT2D eigenvalue weighted by Crippen LogP contribution is 2.48. The van der Waals surface area contributed by atoms with Crippen molar-refractivity contribution in [3.63, 3.8) is 0 Å². The Bertz CT molecular complexity index is 836. The van der Waals surface area contributed by atoms with Crippen molar-refractivity contribution in [2.45, 2.75) is 44.8 Å². The molecule has 0 radical (unpaired) electrons. The predicted molar refractivity (Wildman–Crippen MR) is 103 cm³/mol. The molecule has 1 saturated heterocycles. The molecular weight excluding hydrogens is 326 g/mol. The number of para-hydroxylation sites is 1. The lowest BCUT2D eigenvalue weighted by Gasteiger charge is -2.27. The van der Waals surface area contributed by atoms with Crippen LogP contribution in [0.3, 0.4) is 0 Å². The Morgan fingerprint density at radius 1 is 1.35 bits per heavy atom. The molecule has 0 unspecified atom stereocenters. The third-order valence-corrected chi connectivity index (χ3v) is 5.47. The van der Waals surface area contributed by atoms with Crippen LogP contribution in [0, 0.1) is 6.92 Å². The van der Waals surface area contributed by atoms with Crippen LogP contribution in [0.4, 0.5) is 11.4 Å². The molecule has 0 bridgehead atoms. The summed E-state index contributed by atoms with van der Waals surface area (Å²) in [5, 5.41) is 2.97. The number of aromatic nitrogens is 1. The van der Waals surface area contributed by atoms with Gasteiger partial charge in [-0.1, -0.05) is 18.2 Å². The zero-order valence-electron chi connectivity index (χ0n) is 15.5. The van der Waals surface area contributed by atoms with E-state index in [2.05, 4.69) is 53.3 Å². The minimum atomic E-state index is -0.427. The van der Waals surface area contributed by atoms with Crippen LogP contribution in [-0.4, -0.2) is 36.2 Å². The van der Waals surface area contributed by atoms with Crippen molar-refractivity contribution in [1.82, 2.24) is 4.98 Å². The lowest BCUT2D eigenvalue weighted by molar-refractivity contribution is -0.124. The van der Waals surface area contributed by atoms with E-state index in [1.54, 1.807) is 12.3 Å². The lowest BCUT2D eigenvalue weighted by Crippen LogP contribution is -2.38. The summed E-state index contributed by atoms with van der Waals surface area (Å²) in [6.07, 6.45) is 1.99. The molecule has 1 N–H and O–H groups in total. The summed E-state index contributed by atoms with van der Waals surface area (Å²) in [6.45, 7) is 7.82. The summed E-state index contributed by atoms with van der Waals surface area (Å²) in [7, 11) is 0. The van der Waals surface area contributed by atoms with Gasteiger partial charge in [0.2, 0.25) is 0 Å². The molecule has 0 aliphatic carbocycles. The van der Waals surface area contributed by atoms with Gasteiger partial charge in [-0.05, 0) is 51.0 Å². The third-order valence-electron chi connectivity index (χ3n) is 5.47. The molecule has 1 amide bonds. The monoisotopic (exact) mass is 351 g/mol. The topological polar surface area (TPSA) is 54.5 Å². The number of amides is 1. The smallest absolute Gasteiger partial charge is 0.253 e. The second-order valence-corrected chi connectivity index (χ2v) is 7.70. The molecule has 1 aromatic heterocycles. The van der Waals surface area contributed by atoms with Gasteiger partial charge in [0.1, 0.15) is 6.10 Å². The highest BCUT2D eigenvalue weighted by Gasteiger charge is 2.50. The Hall–Kier alpha value is -2.40. The van der Waals surface area contributed by atoms with Gasteiger partial charge < -0.3 is 15.0 Å². The van der Waals surface area contributed by atoms with Gasteiger partial charge in [0.25, 0.3) is 5.91 Å². The Morgan fingerprint density at radius 2 is 2.15 bits per heavy atom. The van der Waals surface area contributed by atoms with Gasteiger partial charge in [-0.15, -0.1) is 0 Å². The fourth-order valence-corrected chi connectivity index (χ4v) is 4.17. The lowest BCUT2D eigenvalue weighted by atomic mass is 9.80. The quantitative estimate of drug-likeness (QED) is 0.922. The van der Waals surface area contributed by atoms with Crippen molar-refractivity contribution in [2.24, 2.45) is 0 Å². The number of hydrogen-bond acceptors (Lipinski definition) is 4. The molecule has 1 fully saturated rings. The Kier molecular flexibility index (Phi) is 4.19. The van der Waals surface area contributed by atoms with Crippen molar-refractivity contribution in [1.29, 1.82) is 0 Å². The normalized spacial score (nSPS) is 24.3. The highest BCUT2D eigenvalue weighted by molar-refractivity contribution is 5.94. The van der Waals surface area contributed by atoms with Crippen LogP contribution in [0.25, 0.3) is 0 Å². The summed E-state index contributed by atoms with van der Waals surface area (Å²) in [4.78, 5) is 19.3. The molecule has 3 heterocycles. The van der Waals surface area contributed by atoms with Crippen molar-refractivity contribution < 1.29 is 9.53 Å². The average molecular weight is 351 g/mol. The fraction of sp³-hybridized carbons (Fsp3) is 0.429. The molecule has 5 heteroatoms. The standard InChI is InChI=1S/C21H25N3O2/c1-14(2)24-12-21(17-6-4-5-7-18(17)24)11-19(26-13-21)20(25)23-16-8-9-22-15(3)10-16/h4-10,14,19H,11-13H2,1-3H3,(H,22,23,25)/t19-,21-/m1/s1. The van der Waals surface area contributed by atoms with E-state index in [-0.39, 0.29) is 11.3 Å². The molecular formula is C21H25N3O2. The van der Waals surface area contributed by atoms with Crippen molar-refractivity contribution in [3.05, 3.63) is 53.9 Å². The molecule has 2 aromatic rings. The fourth-order valence-electron chi connectivity index (χ4n) is 4.17. The van der Waals surface area contributed by atoms with Crippen molar-refractivity contribution >= 4 is 17.3 Å². The summed E-state index contributed by atoms with van der Waals surface area (Å²) in [5.41, 5.74) is 4.13. The van der Waals surface area contributed by atoms with Crippen molar-refractivity contribution in [3.8, 4) is 0 Å². The number of carbonyl (C=O) groups is 1. The second-order valence-electron chi connectivity index (χ2n) is 7.70. The van der Waals surface area contributed by atoms with Crippen LogP contribution >= 0.6 is 0 Å². The molecule has 4 rings (SSSR count). The number of rotatable bonds is 3. The Balaban J connectivity index is 1.54. The predicted octanol–water partition coefficient (Wildman–Crippen LogP) is 3.28. The molecule has 26 heavy (non-hydrogen) atoms. The van der Waals surface area contributed by atoms with E-state index in [1.165, 1.54) is 11.3 Å². The van der Waals surface area contributed by atoms with E-state index in [4.69, 9.17) is 4.74 Å². The largest absolute Gasteiger partial charge is 0.368 e. The number of carbonyl (C=O) groups excluding carboxylic acids is 1. The summed E-state index contributed by atoms with van der Waals surface area (Å²) < 4.78 is 5.99. The molecule has 5 nitrogen and oxygen atoms in total. The number of anilines is 2. The van der Waals surface area contributed by atoms with Gasteiger partial charge in [-0.3, -0.25) is 9.78 Å². The van der Waals surface area contributed by atoms with Crippen LogP contribution in [0.1, 0.15) is 31.5 Å². The number of benzene rings is 1. The van der Waals surface area contributed by atoms with Gasteiger partial charge in [0.05, 0.1) is 6.61 Å². The first-order valence-electron chi connectivity index (χ1n) is 9.20. The molecule has 1 spiro atoms. The zero-order valence-corrected chi connectivity index (χ0v) is 15.5. The SMILES string of the molecule is Cc1cc(NC(=O)[C@H]2C[C@]3(CO2)CN(C(C)C)c2ccccc23)ccn1.